The summed E-state index contributed by atoms with van der Waals surface area (Å²) in [6, 6.07) is 22.6. The van der Waals surface area contributed by atoms with E-state index in [0.29, 0.717) is 35.8 Å². The Kier molecular flexibility index (Phi) is 7.33. The van der Waals surface area contributed by atoms with Crippen LogP contribution in [0.2, 0.25) is 0 Å². The Morgan fingerprint density at radius 2 is 1.37 bits per heavy atom. The van der Waals surface area contributed by atoms with E-state index in [0.717, 1.165) is 5.56 Å². The number of benzene rings is 3. The molecular formula is C27H29N3O4S. The molecule has 8 heteroatoms. The lowest BCUT2D eigenvalue weighted by Gasteiger charge is -2.34. The maximum atomic E-state index is 13.0. The molecule has 1 aliphatic rings. The van der Waals surface area contributed by atoms with Crippen LogP contribution in [0.1, 0.15) is 46.0 Å². The minimum atomic E-state index is -3.60. The quantitative estimate of drug-likeness (QED) is 0.560. The number of amides is 2. The van der Waals surface area contributed by atoms with Crippen LogP contribution in [0, 0.1) is 0 Å². The summed E-state index contributed by atoms with van der Waals surface area (Å²) in [7, 11) is -3.60. The highest BCUT2D eigenvalue weighted by Crippen LogP contribution is 2.22. The number of carbonyl (C=O) groups excluding carboxylic acids is 2. The fourth-order valence-electron chi connectivity index (χ4n) is 3.98. The second-order valence-electron chi connectivity index (χ2n) is 8.82. The van der Waals surface area contributed by atoms with E-state index in [1.807, 2.05) is 18.2 Å². The minimum absolute atomic E-state index is 0.163. The van der Waals surface area contributed by atoms with Crippen LogP contribution in [-0.4, -0.2) is 55.6 Å². The molecule has 1 heterocycles. The number of nitrogens with one attached hydrogen (secondary N) is 1. The largest absolute Gasteiger partial charge is 0.336 e. The van der Waals surface area contributed by atoms with E-state index in [9.17, 15) is 18.0 Å². The summed E-state index contributed by atoms with van der Waals surface area (Å²) < 4.78 is 27.5. The van der Waals surface area contributed by atoms with Crippen molar-refractivity contribution in [3.8, 4) is 0 Å². The lowest BCUT2D eigenvalue weighted by molar-refractivity contribution is 0.0698. The van der Waals surface area contributed by atoms with Crippen LogP contribution in [0.15, 0.2) is 83.8 Å². The molecule has 0 unspecified atom stereocenters. The van der Waals surface area contributed by atoms with Crippen molar-refractivity contribution in [2.45, 2.75) is 24.7 Å². The van der Waals surface area contributed by atoms with Crippen molar-refractivity contribution >= 4 is 27.5 Å². The van der Waals surface area contributed by atoms with Crippen LogP contribution in [0.25, 0.3) is 0 Å². The van der Waals surface area contributed by atoms with Gasteiger partial charge in [-0.25, -0.2) is 8.42 Å². The Labute approximate surface area is 206 Å². The van der Waals surface area contributed by atoms with Crippen LogP contribution in [0.5, 0.6) is 0 Å². The number of hydrogen-bond donors (Lipinski definition) is 1. The monoisotopic (exact) mass is 491 g/mol. The number of hydrogen-bond acceptors (Lipinski definition) is 4. The second-order valence-corrected chi connectivity index (χ2v) is 10.8. The lowest BCUT2D eigenvalue weighted by atomic mass is 10.0. The topological polar surface area (TPSA) is 86.8 Å². The Bertz CT molecular complexity index is 1280. The van der Waals surface area contributed by atoms with Gasteiger partial charge in [-0.2, -0.15) is 4.31 Å². The second kappa shape index (κ2) is 10.4. The van der Waals surface area contributed by atoms with Gasteiger partial charge in [-0.05, 0) is 60.0 Å². The summed E-state index contributed by atoms with van der Waals surface area (Å²) >= 11 is 0. The smallest absolute Gasteiger partial charge is 0.255 e. The van der Waals surface area contributed by atoms with E-state index in [1.54, 1.807) is 65.6 Å². The number of anilines is 1. The van der Waals surface area contributed by atoms with Gasteiger partial charge in [-0.15, -0.1) is 0 Å². The van der Waals surface area contributed by atoms with Gasteiger partial charge in [-0.3, -0.25) is 9.59 Å². The Balaban J connectivity index is 1.35. The summed E-state index contributed by atoms with van der Waals surface area (Å²) in [5, 5.41) is 2.81. The molecule has 3 aromatic rings. The molecule has 4 rings (SSSR count). The molecule has 1 fully saturated rings. The van der Waals surface area contributed by atoms with Crippen LogP contribution in [0.4, 0.5) is 5.69 Å². The van der Waals surface area contributed by atoms with E-state index < -0.39 is 10.0 Å². The third-order valence-corrected chi connectivity index (χ3v) is 8.05. The molecule has 0 saturated carbocycles. The van der Waals surface area contributed by atoms with Crippen LogP contribution in [-0.2, 0) is 10.0 Å². The molecule has 0 bridgehead atoms. The maximum absolute atomic E-state index is 13.0. The van der Waals surface area contributed by atoms with Gasteiger partial charge in [0.2, 0.25) is 10.0 Å². The summed E-state index contributed by atoms with van der Waals surface area (Å²) in [5.41, 5.74) is 2.72. The van der Waals surface area contributed by atoms with Crippen LogP contribution < -0.4 is 5.32 Å². The average molecular weight is 492 g/mol. The van der Waals surface area contributed by atoms with Crippen molar-refractivity contribution < 1.29 is 18.0 Å². The molecule has 7 nitrogen and oxygen atoms in total. The number of nitrogens with zero attached hydrogens (tertiary/aromatic N) is 2. The summed E-state index contributed by atoms with van der Waals surface area (Å²) in [4.78, 5) is 27.2. The molecule has 1 aliphatic heterocycles. The van der Waals surface area contributed by atoms with E-state index in [2.05, 4.69) is 19.2 Å². The van der Waals surface area contributed by atoms with Gasteiger partial charge in [0, 0.05) is 43.0 Å². The van der Waals surface area contributed by atoms with Gasteiger partial charge in [-0.1, -0.05) is 44.2 Å². The van der Waals surface area contributed by atoms with Gasteiger partial charge in [0.1, 0.15) is 0 Å². The van der Waals surface area contributed by atoms with Crippen molar-refractivity contribution in [2.24, 2.45) is 0 Å². The third kappa shape index (κ3) is 5.61. The Hall–Kier alpha value is -3.49. The molecule has 1 N–H and O–H groups in total. The summed E-state index contributed by atoms with van der Waals surface area (Å²) in [5.74, 6) is -0.0550. The van der Waals surface area contributed by atoms with Gasteiger partial charge >= 0.3 is 0 Å². The molecule has 0 spiro atoms. The van der Waals surface area contributed by atoms with E-state index in [4.69, 9.17) is 0 Å². The highest BCUT2D eigenvalue weighted by molar-refractivity contribution is 7.89. The predicted octanol–water partition coefficient (Wildman–Crippen LogP) is 4.21. The first-order valence-electron chi connectivity index (χ1n) is 11.6. The highest BCUT2D eigenvalue weighted by atomic mass is 32.2. The van der Waals surface area contributed by atoms with Crippen molar-refractivity contribution in [1.82, 2.24) is 9.21 Å². The fourth-order valence-corrected chi connectivity index (χ4v) is 5.40. The lowest BCUT2D eigenvalue weighted by Crippen LogP contribution is -2.50. The summed E-state index contributed by atoms with van der Waals surface area (Å²) in [6.45, 7) is 5.24. The average Bonchev–Trinajstić information content (AvgIpc) is 2.89. The van der Waals surface area contributed by atoms with Gasteiger partial charge in [0.15, 0.2) is 0 Å². The van der Waals surface area contributed by atoms with Gasteiger partial charge in [0.05, 0.1) is 4.90 Å². The predicted molar refractivity (Wildman–Crippen MR) is 136 cm³/mol. The van der Waals surface area contributed by atoms with Gasteiger partial charge < -0.3 is 10.2 Å². The Morgan fingerprint density at radius 1 is 0.771 bits per heavy atom. The fraction of sp³-hybridized carbons (Fsp3) is 0.259. The normalized spacial score (nSPS) is 14.7. The zero-order valence-electron chi connectivity index (χ0n) is 19.8. The van der Waals surface area contributed by atoms with Crippen molar-refractivity contribution in [1.29, 1.82) is 0 Å². The molecule has 182 valence electrons. The highest BCUT2D eigenvalue weighted by Gasteiger charge is 2.30. The molecule has 35 heavy (non-hydrogen) atoms. The van der Waals surface area contributed by atoms with E-state index in [1.165, 1.54) is 4.31 Å². The zero-order chi connectivity index (χ0) is 25.0. The SMILES string of the molecule is CC(C)c1ccc(S(=O)(=O)N2CCN(C(=O)c3ccc(NC(=O)c4ccccc4)cc3)CC2)cc1. The molecule has 0 aliphatic carbocycles. The van der Waals surface area contributed by atoms with E-state index in [-0.39, 0.29) is 29.8 Å². The third-order valence-electron chi connectivity index (χ3n) is 6.14. The van der Waals surface area contributed by atoms with E-state index >= 15 is 0 Å². The molecule has 3 aromatic carbocycles. The molecular weight excluding hydrogens is 462 g/mol. The molecule has 0 atom stereocenters. The van der Waals surface area contributed by atoms with Crippen LogP contribution in [0.3, 0.4) is 0 Å². The number of piperazine rings is 1. The van der Waals surface area contributed by atoms with Crippen molar-refractivity contribution in [2.75, 3.05) is 31.5 Å². The summed E-state index contributed by atoms with van der Waals surface area (Å²) in [6.07, 6.45) is 0. The minimum Gasteiger partial charge on any atom is -0.336 e. The number of rotatable bonds is 6. The Morgan fingerprint density at radius 3 is 1.94 bits per heavy atom. The van der Waals surface area contributed by atoms with Crippen molar-refractivity contribution in [3.05, 3.63) is 95.6 Å². The first-order valence-corrected chi connectivity index (χ1v) is 13.1. The first-order chi connectivity index (χ1) is 16.8. The zero-order valence-corrected chi connectivity index (χ0v) is 20.7. The maximum Gasteiger partial charge on any atom is 0.255 e. The molecule has 1 saturated heterocycles. The molecule has 2 amide bonds. The van der Waals surface area contributed by atoms with Gasteiger partial charge in [0.25, 0.3) is 11.8 Å². The first kappa shape index (κ1) is 24.6. The molecule has 0 aromatic heterocycles. The van der Waals surface area contributed by atoms with Crippen LogP contribution >= 0.6 is 0 Å². The number of carbonyl (C=O) groups is 2. The number of sulfonamides is 1. The molecule has 0 radical (unpaired) electrons. The van der Waals surface area contributed by atoms with Crippen molar-refractivity contribution in [3.63, 3.8) is 0 Å². The standard InChI is InChI=1S/C27H29N3O4S/c1-20(2)21-10-14-25(15-11-21)35(33,34)30-18-16-29(17-19-30)27(32)23-8-12-24(13-9-23)28-26(31)22-6-4-3-5-7-22/h3-15,20H,16-19H2,1-2H3,(H,28,31).